The highest BCUT2D eigenvalue weighted by Gasteiger charge is 2.18. The fraction of sp³-hybridized carbons (Fsp3) is 0.778. The van der Waals surface area contributed by atoms with E-state index >= 15 is 0 Å². The Balaban J connectivity index is 1.85. The van der Waals surface area contributed by atoms with Gasteiger partial charge in [0.25, 0.3) is 0 Å². The largest absolute Gasteiger partial charge is 0.338 e. The van der Waals surface area contributed by atoms with Crippen LogP contribution in [0.25, 0.3) is 0 Å². The van der Waals surface area contributed by atoms with Gasteiger partial charge >= 0.3 is 0 Å². The Morgan fingerprint density at radius 1 is 1.57 bits per heavy atom. The topological polar surface area (TPSA) is 54.2 Å². The van der Waals surface area contributed by atoms with Crippen LogP contribution in [0.4, 0.5) is 0 Å². The minimum absolute atomic E-state index is 0.642. The normalized spacial score (nSPS) is 19.0. The van der Waals surface area contributed by atoms with Crippen LogP contribution in [0.2, 0.25) is 0 Å². The van der Waals surface area contributed by atoms with E-state index < -0.39 is 0 Å². The van der Waals surface area contributed by atoms with Gasteiger partial charge in [0.05, 0.1) is 6.54 Å². The molecule has 0 bridgehead atoms. The molecule has 1 N–H and O–H groups in total. The maximum Gasteiger partial charge on any atom is 0.240 e. The Kier molecular flexibility index (Phi) is 3.10. The van der Waals surface area contributed by atoms with Crippen molar-refractivity contribution < 1.29 is 4.52 Å². The molecule has 1 aromatic rings. The average Bonchev–Trinajstić information content (AvgIpc) is 2.72. The lowest BCUT2D eigenvalue weighted by atomic mass is 10.1. The summed E-state index contributed by atoms with van der Waals surface area (Å²) in [6, 6.07) is 0.642. The molecule has 0 saturated carbocycles. The van der Waals surface area contributed by atoms with Crippen molar-refractivity contribution in [2.75, 3.05) is 20.1 Å². The highest BCUT2D eigenvalue weighted by Crippen LogP contribution is 2.11. The molecule has 0 radical (unpaired) electrons. The zero-order valence-corrected chi connectivity index (χ0v) is 8.44. The van der Waals surface area contributed by atoms with Gasteiger partial charge in [0.15, 0.2) is 6.33 Å². The monoisotopic (exact) mass is 196 g/mol. The van der Waals surface area contributed by atoms with E-state index in [9.17, 15) is 0 Å². The van der Waals surface area contributed by atoms with E-state index in [0.717, 1.165) is 19.6 Å². The van der Waals surface area contributed by atoms with Crippen molar-refractivity contribution in [3.05, 3.63) is 12.2 Å². The van der Waals surface area contributed by atoms with Gasteiger partial charge in [-0.25, -0.2) is 0 Å². The van der Waals surface area contributed by atoms with Crippen molar-refractivity contribution in [3.8, 4) is 0 Å². The fourth-order valence-corrected chi connectivity index (χ4v) is 1.86. The molecule has 0 spiro atoms. The van der Waals surface area contributed by atoms with E-state index in [4.69, 9.17) is 4.52 Å². The van der Waals surface area contributed by atoms with Crippen LogP contribution in [0.15, 0.2) is 10.9 Å². The van der Waals surface area contributed by atoms with Crippen LogP contribution in [0.1, 0.15) is 18.7 Å². The van der Waals surface area contributed by atoms with Crippen LogP contribution in [0.5, 0.6) is 0 Å². The fourth-order valence-electron chi connectivity index (χ4n) is 1.86. The molecular weight excluding hydrogens is 180 g/mol. The van der Waals surface area contributed by atoms with Crippen molar-refractivity contribution in [1.29, 1.82) is 0 Å². The number of piperidine rings is 1. The zero-order valence-electron chi connectivity index (χ0n) is 8.44. The van der Waals surface area contributed by atoms with E-state index in [0.29, 0.717) is 11.9 Å². The summed E-state index contributed by atoms with van der Waals surface area (Å²) >= 11 is 0. The minimum atomic E-state index is 0.642. The number of hydrogen-bond acceptors (Lipinski definition) is 5. The van der Waals surface area contributed by atoms with E-state index in [-0.39, 0.29) is 0 Å². The Labute approximate surface area is 83.5 Å². The summed E-state index contributed by atoms with van der Waals surface area (Å²) in [6.07, 6.45) is 3.85. The summed E-state index contributed by atoms with van der Waals surface area (Å²) in [4.78, 5) is 6.30. The predicted molar refractivity (Wildman–Crippen MR) is 51.7 cm³/mol. The van der Waals surface area contributed by atoms with Crippen LogP contribution in [-0.2, 0) is 6.54 Å². The summed E-state index contributed by atoms with van der Waals surface area (Å²) in [6.45, 7) is 2.97. The molecule has 0 amide bonds. The first-order valence-electron chi connectivity index (χ1n) is 5.03. The van der Waals surface area contributed by atoms with Crippen molar-refractivity contribution >= 4 is 0 Å². The van der Waals surface area contributed by atoms with Gasteiger partial charge in [0.1, 0.15) is 0 Å². The standard InChI is InChI=1S/C9H16N4O/c1-13(6-9-11-7-12-14-9)8-2-4-10-5-3-8/h7-8,10H,2-6H2,1H3. The highest BCUT2D eigenvalue weighted by atomic mass is 16.5. The van der Waals surface area contributed by atoms with Crippen molar-refractivity contribution in [3.63, 3.8) is 0 Å². The van der Waals surface area contributed by atoms with Gasteiger partial charge in [-0.1, -0.05) is 5.16 Å². The molecule has 0 unspecified atom stereocenters. The summed E-state index contributed by atoms with van der Waals surface area (Å²) in [5.74, 6) is 0.700. The molecule has 1 aliphatic rings. The summed E-state index contributed by atoms with van der Waals surface area (Å²) < 4.78 is 4.98. The predicted octanol–water partition coefficient (Wildman–Crippen LogP) is 0.253. The first kappa shape index (κ1) is 9.61. The van der Waals surface area contributed by atoms with Crippen LogP contribution < -0.4 is 5.32 Å². The van der Waals surface area contributed by atoms with Crippen LogP contribution >= 0.6 is 0 Å². The molecule has 1 fully saturated rings. The molecule has 2 rings (SSSR count). The third kappa shape index (κ3) is 2.30. The molecule has 5 nitrogen and oxygen atoms in total. The van der Waals surface area contributed by atoms with E-state index in [1.54, 1.807) is 0 Å². The van der Waals surface area contributed by atoms with Gasteiger partial charge < -0.3 is 9.84 Å². The third-order valence-electron chi connectivity index (χ3n) is 2.72. The molecule has 14 heavy (non-hydrogen) atoms. The summed E-state index contributed by atoms with van der Waals surface area (Å²) in [7, 11) is 2.11. The van der Waals surface area contributed by atoms with E-state index in [2.05, 4.69) is 27.4 Å². The van der Waals surface area contributed by atoms with E-state index in [1.165, 1.54) is 19.2 Å². The Hall–Kier alpha value is -0.940. The van der Waals surface area contributed by atoms with Gasteiger partial charge in [-0.3, -0.25) is 4.90 Å². The second-order valence-electron chi connectivity index (χ2n) is 3.73. The van der Waals surface area contributed by atoms with Crippen LogP contribution in [0, 0.1) is 0 Å². The number of hydrogen-bond donors (Lipinski definition) is 1. The minimum Gasteiger partial charge on any atom is -0.338 e. The lowest BCUT2D eigenvalue weighted by Gasteiger charge is -2.30. The average molecular weight is 196 g/mol. The lowest BCUT2D eigenvalue weighted by Crippen LogP contribution is -2.40. The van der Waals surface area contributed by atoms with Crippen LogP contribution in [-0.4, -0.2) is 41.2 Å². The zero-order chi connectivity index (χ0) is 9.80. The Morgan fingerprint density at radius 2 is 2.36 bits per heavy atom. The molecule has 2 heterocycles. The smallest absolute Gasteiger partial charge is 0.240 e. The SMILES string of the molecule is CN(Cc1ncno1)C1CCNCC1. The maximum absolute atomic E-state index is 4.98. The van der Waals surface area contributed by atoms with Crippen molar-refractivity contribution in [1.82, 2.24) is 20.4 Å². The van der Waals surface area contributed by atoms with Gasteiger partial charge in [0.2, 0.25) is 5.89 Å². The Morgan fingerprint density at radius 3 is 3.00 bits per heavy atom. The summed E-state index contributed by atoms with van der Waals surface area (Å²) in [5, 5.41) is 6.95. The van der Waals surface area contributed by atoms with Crippen molar-refractivity contribution in [2.24, 2.45) is 0 Å². The molecule has 1 saturated heterocycles. The van der Waals surface area contributed by atoms with Crippen LogP contribution in [0.3, 0.4) is 0 Å². The van der Waals surface area contributed by atoms with Gasteiger partial charge in [-0.05, 0) is 33.0 Å². The molecule has 0 aromatic carbocycles. The number of aromatic nitrogens is 2. The van der Waals surface area contributed by atoms with Gasteiger partial charge in [-0.15, -0.1) is 0 Å². The first-order valence-corrected chi connectivity index (χ1v) is 5.03. The van der Waals surface area contributed by atoms with Crippen molar-refractivity contribution in [2.45, 2.75) is 25.4 Å². The Bertz CT molecular complexity index is 256. The van der Waals surface area contributed by atoms with E-state index in [1.807, 2.05) is 0 Å². The molecule has 1 aromatic heterocycles. The second kappa shape index (κ2) is 4.52. The third-order valence-corrected chi connectivity index (χ3v) is 2.72. The lowest BCUT2D eigenvalue weighted by molar-refractivity contribution is 0.171. The molecular formula is C9H16N4O. The number of nitrogens with one attached hydrogen (secondary N) is 1. The second-order valence-corrected chi connectivity index (χ2v) is 3.73. The molecule has 1 aliphatic heterocycles. The maximum atomic E-state index is 4.98. The van der Waals surface area contributed by atoms with Gasteiger partial charge in [-0.2, -0.15) is 4.98 Å². The number of rotatable bonds is 3. The molecule has 78 valence electrons. The van der Waals surface area contributed by atoms with Gasteiger partial charge in [0, 0.05) is 6.04 Å². The highest BCUT2D eigenvalue weighted by molar-refractivity contribution is 4.80. The number of nitrogens with zero attached hydrogens (tertiary/aromatic N) is 3. The molecule has 0 aliphatic carbocycles. The first-order chi connectivity index (χ1) is 6.86. The summed E-state index contributed by atoms with van der Waals surface area (Å²) in [5.41, 5.74) is 0. The quantitative estimate of drug-likeness (QED) is 0.751. The molecule has 0 atom stereocenters. The molecule has 5 heteroatoms.